The summed E-state index contributed by atoms with van der Waals surface area (Å²) in [6.07, 6.45) is 0. The smallest absolute Gasteiger partial charge is 1.00 e. The van der Waals surface area contributed by atoms with Crippen molar-refractivity contribution in [3.8, 4) is 0 Å². The minimum Gasteiger partial charge on any atom is -1.00 e. The first-order chi connectivity index (χ1) is 6.93. The fraction of sp³-hybridized carbons (Fsp3) is 0. The SMILES string of the molecule is [H-].[Li+].c1ccc2nc3ccccc3nc2c1. The number of benzene rings is 2. The fourth-order valence-corrected chi connectivity index (χ4v) is 1.57. The summed E-state index contributed by atoms with van der Waals surface area (Å²) in [7, 11) is 0. The Morgan fingerprint density at radius 1 is 0.600 bits per heavy atom. The van der Waals surface area contributed by atoms with Crippen LogP contribution in [-0.4, -0.2) is 9.97 Å². The van der Waals surface area contributed by atoms with E-state index in [1.165, 1.54) is 0 Å². The molecule has 0 N–H and O–H groups in total. The van der Waals surface area contributed by atoms with Gasteiger partial charge in [0.25, 0.3) is 0 Å². The summed E-state index contributed by atoms with van der Waals surface area (Å²) in [6.45, 7) is 0. The third-order valence-electron chi connectivity index (χ3n) is 2.25. The van der Waals surface area contributed by atoms with E-state index >= 15 is 0 Å². The Bertz CT molecular complexity index is 508. The molecule has 0 aliphatic carbocycles. The van der Waals surface area contributed by atoms with E-state index < -0.39 is 0 Å². The summed E-state index contributed by atoms with van der Waals surface area (Å²) in [4.78, 5) is 9.03. The van der Waals surface area contributed by atoms with Crippen molar-refractivity contribution in [2.45, 2.75) is 0 Å². The van der Waals surface area contributed by atoms with Crippen molar-refractivity contribution in [3.63, 3.8) is 0 Å². The van der Waals surface area contributed by atoms with E-state index in [9.17, 15) is 0 Å². The van der Waals surface area contributed by atoms with Crippen molar-refractivity contribution in [1.29, 1.82) is 0 Å². The van der Waals surface area contributed by atoms with Gasteiger partial charge in [0.15, 0.2) is 0 Å². The zero-order valence-corrected chi connectivity index (χ0v) is 8.51. The number of aromatic nitrogens is 2. The molecule has 2 nitrogen and oxygen atoms in total. The van der Waals surface area contributed by atoms with Gasteiger partial charge in [-0.3, -0.25) is 0 Å². The molecular formula is C12H9LiN2. The number of rotatable bonds is 0. The number of fused-ring (bicyclic) bond motifs is 2. The van der Waals surface area contributed by atoms with Crippen molar-refractivity contribution in [2.75, 3.05) is 0 Å². The zero-order chi connectivity index (χ0) is 9.38. The van der Waals surface area contributed by atoms with Crippen LogP contribution in [0.2, 0.25) is 0 Å². The Hall–Kier alpha value is -1.36. The normalized spacial score (nSPS) is 10.1. The third-order valence-corrected chi connectivity index (χ3v) is 2.25. The maximum Gasteiger partial charge on any atom is 1.00 e. The first-order valence-electron chi connectivity index (χ1n) is 4.55. The van der Waals surface area contributed by atoms with E-state index in [1.807, 2.05) is 48.5 Å². The van der Waals surface area contributed by atoms with Crippen LogP contribution in [0.4, 0.5) is 0 Å². The molecule has 0 unspecified atom stereocenters. The molecule has 3 heteroatoms. The average Bonchev–Trinajstić information content (AvgIpc) is 2.26. The van der Waals surface area contributed by atoms with Crippen LogP contribution in [0, 0.1) is 0 Å². The molecule has 0 aliphatic heterocycles. The van der Waals surface area contributed by atoms with Gasteiger partial charge in [-0.15, -0.1) is 0 Å². The van der Waals surface area contributed by atoms with Crippen molar-refractivity contribution in [3.05, 3.63) is 48.5 Å². The molecule has 0 atom stereocenters. The van der Waals surface area contributed by atoms with Crippen LogP contribution in [0.3, 0.4) is 0 Å². The number of para-hydroxylation sites is 4. The molecule has 0 fully saturated rings. The van der Waals surface area contributed by atoms with Gasteiger partial charge in [0.2, 0.25) is 0 Å². The molecule has 0 aliphatic rings. The second-order valence-corrected chi connectivity index (χ2v) is 3.20. The quantitative estimate of drug-likeness (QED) is 0.363. The summed E-state index contributed by atoms with van der Waals surface area (Å²) in [5, 5.41) is 0. The van der Waals surface area contributed by atoms with Crippen LogP contribution >= 0.6 is 0 Å². The monoisotopic (exact) mass is 188 g/mol. The van der Waals surface area contributed by atoms with E-state index in [2.05, 4.69) is 9.97 Å². The molecule has 1 aromatic heterocycles. The van der Waals surface area contributed by atoms with Gasteiger partial charge in [-0.1, -0.05) is 24.3 Å². The molecule has 3 rings (SSSR count). The Morgan fingerprint density at radius 3 is 1.13 bits per heavy atom. The molecular weight excluding hydrogens is 179 g/mol. The fourth-order valence-electron chi connectivity index (χ4n) is 1.57. The van der Waals surface area contributed by atoms with Crippen molar-refractivity contribution in [1.82, 2.24) is 9.97 Å². The largest absolute Gasteiger partial charge is 1.00 e. The number of nitrogens with zero attached hydrogens (tertiary/aromatic N) is 2. The van der Waals surface area contributed by atoms with Gasteiger partial charge in [0.05, 0.1) is 22.1 Å². The summed E-state index contributed by atoms with van der Waals surface area (Å²) in [5.41, 5.74) is 3.80. The molecule has 0 saturated carbocycles. The van der Waals surface area contributed by atoms with E-state index in [-0.39, 0.29) is 20.3 Å². The number of hydrogen-bond donors (Lipinski definition) is 0. The maximum atomic E-state index is 4.52. The van der Waals surface area contributed by atoms with Gasteiger partial charge >= 0.3 is 18.9 Å². The number of hydrogen-bond acceptors (Lipinski definition) is 2. The molecule has 3 aromatic rings. The minimum atomic E-state index is 0. The zero-order valence-electron chi connectivity index (χ0n) is 9.51. The standard InChI is InChI=1S/C12H8N2.Li.H/c1-2-6-10-9(5-1)13-11-7-3-4-8-12(11)14-10;;/h1-8H;;/q;+1;-1. The summed E-state index contributed by atoms with van der Waals surface area (Å²) in [6, 6.07) is 15.8. The van der Waals surface area contributed by atoms with Crippen LogP contribution in [-0.2, 0) is 0 Å². The average molecular weight is 188 g/mol. The summed E-state index contributed by atoms with van der Waals surface area (Å²) < 4.78 is 0. The van der Waals surface area contributed by atoms with Gasteiger partial charge in [0.1, 0.15) is 0 Å². The molecule has 0 bridgehead atoms. The second kappa shape index (κ2) is 4.02. The van der Waals surface area contributed by atoms with Gasteiger partial charge in [-0.25, -0.2) is 9.97 Å². The topological polar surface area (TPSA) is 25.8 Å². The van der Waals surface area contributed by atoms with Crippen molar-refractivity contribution in [2.24, 2.45) is 0 Å². The molecule has 0 radical (unpaired) electrons. The van der Waals surface area contributed by atoms with Crippen molar-refractivity contribution >= 4 is 22.1 Å². The van der Waals surface area contributed by atoms with E-state index in [4.69, 9.17) is 0 Å². The maximum absolute atomic E-state index is 4.52. The third kappa shape index (κ3) is 1.74. The molecule has 0 amide bonds. The Balaban J connectivity index is 0.000000640. The van der Waals surface area contributed by atoms with Crippen LogP contribution in [0.15, 0.2) is 48.5 Å². The van der Waals surface area contributed by atoms with Crippen LogP contribution in [0.25, 0.3) is 22.1 Å². The molecule has 0 saturated heterocycles. The van der Waals surface area contributed by atoms with Gasteiger partial charge < -0.3 is 1.43 Å². The van der Waals surface area contributed by atoms with Gasteiger partial charge in [-0.05, 0) is 24.3 Å². The second-order valence-electron chi connectivity index (χ2n) is 3.20. The Labute approximate surface area is 101 Å². The van der Waals surface area contributed by atoms with Crippen molar-refractivity contribution < 1.29 is 20.3 Å². The molecule has 2 aromatic carbocycles. The van der Waals surface area contributed by atoms with E-state index in [0.717, 1.165) is 22.1 Å². The molecule has 15 heavy (non-hydrogen) atoms. The predicted molar refractivity (Wildman–Crippen MR) is 58.2 cm³/mol. The first-order valence-corrected chi connectivity index (χ1v) is 4.55. The van der Waals surface area contributed by atoms with Gasteiger partial charge in [-0.2, -0.15) is 0 Å². The van der Waals surface area contributed by atoms with E-state index in [1.54, 1.807) is 0 Å². The summed E-state index contributed by atoms with van der Waals surface area (Å²) in [5.74, 6) is 0. The predicted octanol–water partition coefficient (Wildman–Crippen LogP) is -0.101. The van der Waals surface area contributed by atoms with Crippen LogP contribution < -0.4 is 18.9 Å². The van der Waals surface area contributed by atoms with Crippen LogP contribution in [0.5, 0.6) is 0 Å². The summed E-state index contributed by atoms with van der Waals surface area (Å²) >= 11 is 0. The minimum absolute atomic E-state index is 0. The molecule has 68 valence electrons. The Morgan fingerprint density at radius 2 is 0.867 bits per heavy atom. The van der Waals surface area contributed by atoms with E-state index in [0.29, 0.717) is 0 Å². The first kappa shape index (κ1) is 10.2. The molecule has 0 spiro atoms. The van der Waals surface area contributed by atoms with Gasteiger partial charge in [0, 0.05) is 0 Å². The van der Waals surface area contributed by atoms with Crippen LogP contribution in [0.1, 0.15) is 1.43 Å². The molecule has 1 heterocycles. The Kier molecular flexibility index (Phi) is 2.72.